The molecule has 1 heterocycles. The molecule has 2 rings (SSSR count). The molecule has 1 aromatic carbocycles. The van der Waals surface area contributed by atoms with Crippen molar-refractivity contribution in [1.29, 1.82) is 0 Å². The molecule has 0 amide bonds. The van der Waals surface area contributed by atoms with Crippen molar-refractivity contribution in [1.82, 2.24) is 9.97 Å². The summed E-state index contributed by atoms with van der Waals surface area (Å²) < 4.78 is 0. The summed E-state index contributed by atoms with van der Waals surface area (Å²) in [6, 6.07) is 8.31. The fraction of sp³-hybridized carbons (Fsp3) is 0.250. The molecule has 16 heavy (non-hydrogen) atoms. The van der Waals surface area contributed by atoms with Gasteiger partial charge in [-0.3, -0.25) is 0 Å². The van der Waals surface area contributed by atoms with Crippen molar-refractivity contribution < 1.29 is 0 Å². The molecule has 4 nitrogen and oxygen atoms in total. The predicted octanol–water partition coefficient (Wildman–Crippen LogP) is 2.09. The SMILES string of the molecule is CN(C)c1cccc(NCc2cnc[nH]2)c1. The second-order valence-corrected chi connectivity index (χ2v) is 3.88. The van der Waals surface area contributed by atoms with Gasteiger partial charge in [-0.05, 0) is 18.2 Å². The average molecular weight is 216 g/mol. The monoisotopic (exact) mass is 216 g/mol. The van der Waals surface area contributed by atoms with E-state index in [1.54, 1.807) is 6.33 Å². The summed E-state index contributed by atoms with van der Waals surface area (Å²) in [6.07, 6.45) is 3.51. The molecule has 0 aliphatic carbocycles. The molecule has 1 aromatic heterocycles. The molecule has 0 saturated heterocycles. The van der Waals surface area contributed by atoms with E-state index in [-0.39, 0.29) is 0 Å². The summed E-state index contributed by atoms with van der Waals surface area (Å²) in [6.45, 7) is 0.761. The van der Waals surface area contributed by atoms with E-state index in [9.17, 15) is 0 Å². The van der Waals surface area contributed by atoms with Crippen molar-refractivity contribution in [2.75, 3.05) is 24.3 Å². The molecule has 84 valence electrons. The van der Waals surface area contributed by atoms with Gasteiger partial charge < -0.3 is 15.2 Å². The lowest BCUT2D eigenvalue weighted by Gasteiger charge is -2.14. The standard InChI is InChI=1S/C12H16N4/c1-16(2)12-5-3-4-10(6-12)14-8-11-7-13-9-15-11/h3-7,9,14H,8H2,1-2H3,(H,13,15). The Balaban J connectivity index is 2.01. The molecule has 0 aliphatic heterocycles. The van der Waals surface area contributed by atoms with E-state index in [1.807, 2.05) is 26.4 Å². The zero-order valence-corrected chi connectivity index (χ0v) is 9.57. The molecule has 0 spiro atoms. The number of imidazole rings is 1. The molecule has 0 fully saturated rings. The highest BCUT2D eigenvalue weighted by atomic mass is 15.1. The minimum atomic E-state index is 0.761. The van der Waals surface area contributed by atoms with Gasteiger partial charge in [0.25, 0.3) is 0 Å². The van der Waals surface area contributed by atoms with Gasteiger partial charge in [0.15, 0.2) is 0 Å². The number of hydrogen-bond donors (Lipinski definition) is 2. The minimum Gasteiger partial charge on any atom is -0.379 e. The number of aromatic amines is 1. The van der Waals surface area contributed by atoms with Crippen molar-refractivity contribution in [2.45, 2.75) is 6.54 Å². The van der Waals surface area contributed by atoms with Crippen molar-refractivity contribution in [2.24, 2.45) is 0 Å². The fourth-order valence-electron chi connectivity index (χ4n) is 1.47. The van der Waals surface area contributed by atoms with Gasteiger partial charge in [-0.1, -0.05) is 6.07 Å². The van der Waals surface area contributed by atoms with Crippen molar-refractivity contribution >= 4 is 11.4 Å². The van der Waals surface area contributed by atoms with Crippen molar-refractivity contribution in [3.8, 4) is 0 Å². The molecule has 0 bridgehead atoms. The number of anilines is 2. The summed E-state index contributed by atoms with van der Waals surface area (Å²) in [4.78, 5) is 9.12. The van der Waals surface area contributed by atoms with Crippen LogP contribution in [0.4, 0.5) is 11.4 Å². The Labute approximate surface area is 95.3 Å². The predicted molar refractivity (Wildman–Crippen MR) is 66.7 cm³/mol. The first-order chi connectivity index (χ1) is 7.75. The van der Waals surface area contributed by atoms with Gasteiger partial charge in [0, 0.05) is 31.7 Å². The maximum absolute atomic E-state index is 3.98. The third-order valence-corrected chi connectivity index (χ3v) is 2.40. The molecule has 2 aromatic rings. The third kappa shape index (κ3) is 2.53. The summed E-state index contributed by atoms with van der Waals surface area (Å²) in [7, 11) is 4.07. The normalized spacial score (nSPS) is 10.1. The van der Waals surface area contributed by atoms with E-state index in [4.69, 9.17) is 0 Å². The Kier molecular flexibility index (Phi) is 3.10. The Hall–Kier alpha value is -1.97. The third-order valence-electron chi connectivity index (χ3n) is 2.40. The fourth-order valence-corrected chi connectivity index (χ4v) is 1.47. The summed E-state index contributed by atoms with van der Waals surface area (Å²) in [5.41, 5.74) is 3.38. The maximum Gasteiger partial charge on any atom is 0.0922 e. The van der Waals surface area contributed by atoms with E-state index in [1.165, 1.54) is 5.69 Å². The van der Waals surface area contributed by atoms with Crippen LogP contribution in [0.1, 0.15) is 5.69 Å². The number of nitrogens with zero attached hydrogens (tertiary/aromatic N) is 2. The lowest BCUT2D eigenvalue weighted by atomic mass is 10.2. The number of nitrogens with one attached hydrogen (secondary N) is 2. The first-order valence-electron chi connectivity index (χ1n) is 5.24. The molecular weight excluding hydrogens is 200 g/mol. The first-order valence-corrected chi connectivity index (χ1v) is 5.24. The van der Waals surface area contributed by atoms with Crippen LogP contribution in [-0.2, 0) is 6.54 Å². The first kappa shape index (κ1) is 10.5. The summed E-state index contributed by atoms with van der Waals surface area (Å²) >= 11 is 0. The minimum absolute atomic E-state index is 0.761. The van der Waals surface area contributed by atoms with Gasteiger partial charge in [-0.2, -0.15) is 0 Å². The van der Waals surface area contributed by atoms with Gasteiger partial charge in [-0.15, -0.1) is 0 Å². The second-order valence-electron chi connectivity index (χ2n) is 3.88. The molecule has 2 N–H and O–H groups in total. The van der Waals surface area contributed by atoms with E-state index < -0.39 is 0 Å². The average Bonchev–Trinajstić information content (AvgIpc) is 2.79. The lowest BCUT2D eigenvalue weighted by Crippen LogP contribution is -2.09. The van der Waals surface area contributed by atoms with Crippen LogP contribution in [0.2, 0.25) is 0 Å². The highest BCUT2D eigenvalue weighted by Gasteiger charge is 1.98. The molecule has 4 heteroatoms. The highest BCUT2D eigenvalue weighted by molar-refractivity contribution is 5.57. The van der Waals surface area contributed by atoms with Crippen LogP contribution >= 0.6 is 0 Å². The van der Waals surface area contributed by atoms with Crippen LogP contribution in [0.5, 0.6) is 0 Å². The van der Waals surface area contributed by atoms with E-state index in [0.717, 1.165) is 17.9 Å². The molecule has 0 radical (unpaired) electrons. The van der Waals surface area contributed by atoms with Crippen LogP contribution in [0.15, 0.2) is 36.8 Å². The summed E-state index contributed by atoms with van der Waals surface area (Å²) in [5.74, 6) is 0. The number of benzene rings is 1. The van der Waals surface area contributed by atoms with Gasteiger partial charge >= 0.3 is 0 Å². The Morgan fingerprint density at radius 1 is 1.38 bits per heavy atom. The van der Waals surface area contributed by atoms with E-state index >= 15 is 0 Å². The summed E-state index contributed by atoms with van der Waals surface area (Å²) in [5, 5.41) is 3.34. The zero-order valence-electron chi connectivity index (χ0n) is 9.57. The van der Waals surface area contributed by atoms with E-state index in [2.05, 4.69) is 38.4 Å². The molecule has 0 unspecified atom stereocenters. The number of hydrogen-bond acceptors (Lipinski definition) is 3. The number of rotatable bonds is 4. The van der Waals surface area contributed by atoms with Gasteiger partial charge in [0.1, 0.15) is 0 Å². The van der Waals surface area contributed by atoms with Gasteiger partial charge in [-0.25, -0.2) is 4.98 Å². The molecule has 0 aliphatic rings. The van der Waals surface area contributed by atoms with Crippen molar-refractivity contribution in [3.05, 3.63) is 42.5 Å². The number of H-pyrrole nitrogens is 1. The maximum atomic E-state index is 3.98. The van der Waals surface area contributed by atoms with Crippen molar-refractivity contribution in [3.63, 3.8) is 0 Å². The van der Waals surface area contributed by atoms with Crippen LogP contribution in [0.25, 0.3) is 0 Å². The van der Waals surface area contributed by atoms with Crippen LogP contribution in [-0.4, -0.2) is 24.1 Å². The zero-order chi connectivity index (χ0) is 11.4. The van der Waals surface area contributed by atoms with Crippen LogP contribution in [0, 0.1) is 0 Å². The Bertz CT molecular complexity index is 434. The number of aromatic nitrogens is 2. The largest absolute Gasteiger partial charge is 0.379 e. The van der Waals surface area contributed by atoms with Crippen LogP contribution in [0.3, 0.4) is 0 Å². The smallest absolute Gasteiger partial charge is 0.0922 e. The molecule has 0 saturated carbocycles. The molecule has 0 atom stereocenters. The Morgan fingerprint density at radius 2 is 2.25 bits per heavy atom. The molecular formula is C12H16N4. The lowest BCUT2D eigenvalue weighted by molar-refractivity contribution is 1.07. The second kappa shape index (κ2) is 4.70. The Morgan fingerprint density at radius 3 is 2.94 bits per heavy atom. The topological polar surface area (TPSA) is 44.0 Å². The van der Waals surface area contributed by atoms with E-state index in [0.29, 0.717) is 0 Å². The van der Waals surface area contributed by atoms with Gasteiger partial charge in [0.2, 0.25) is 0 Å². The quantitative estimate of drug-likeness (QED) is 0.822. The van der Waals surface area contributed by atoms with Crippen LogP contribution < -0.4 is 10.2 Å². The highest BCUT2D eigenvalue weighted by Crippen LogP contribution is 2.17. The van der Waals surface area contributed by atoms with Gasteiger partial charge in [0.05, 0.1) is 18.6 Å².